The molecule has 2 fully saturated rings. The van der Waals surface area contributed by atoms with Gasteiger partial charge in [-0.25, -0.2) is 4.98 Å². The van der Waals surface area contributed by atoms with Crippen molar-refractivity contribution in [2.45, 2.75) is 31.7 Å². The van der Waals surface area contributed by atoms with E-state index in [-0.39, 0.29) is 11.8 Å². The Bertz CT molecular complexity index is 770. The summed E-state index contributed by atoms with van der Waals surface area (Å²) in [6, 6.07) is 0.484. The monoisotopic (exact) mass is 391 g/mol. The lowest BCUT2D eigenvalue weighted by Crippen LogP contribution is -2.44. The lowest BCUT2D eigenvalue weighted by Gasteiger charge is -2.35. The lowest BCUT2D eigenvalue weighted by molar-refractivity contribution is -0.117. The maximum Gasteiger partial charge on any atom is 0.227 e. The number of pyridine rings is 1. The van der Waals surface area contributed by atoms with Gasteiger partial charge in [0.25, 0.3) is 0 Å². The first-order chi connectivity index (χ1) is 11.7. The average molecular weight is 392 g/mol. The molecule has 0 aromatic carbocycles. The molecule has 2 aromatic heterocycles. The summed E-state index contributed by atoms with van der Waals surface area (Å²) >= 11 is 3.67. The van der Waals surface area contributed by atoms with Crippen LogP contribution in [0.4, 0.5) is 11.4 Å². The van der Waals surface area contributed by atoms with Crippen LogP contribution in [0.15, 0.2) is 16.9 Å². The maximum atomic E-state index is 12.2. The zero-order valence-corrected chi connectivity index (χ0v) is 15.3. The van der Waals surface area contributed by atoms with Crippen molar-refractivity contribution in [2.24, 2.45) is 5.92 Å². The van der Waals surface area contributed by atoms with Crippen LogP contribution in [0.2, 0.25) is 0 Å². The molecule has 0 spiro atoms. The number of nitrogens with one attached hydrogen (secondary N) is 3. The Labute approximate surface area is 149 Å². The number of carbonyl (C=O) groups excluding carboxylic acids is 1. The van der Waals surface area contributed by atoms with Crippen LogP contribution < -0.4 is 15.5 Å². The van der Waals surface area contributed by atoms with Gasteiger partial charge in [-0.1, -0.05) is 0 Å². The molecule has 3 heterocycles. The number of rotatable bonds is 4. The van der Waals surface area contributed by atoms with Gasteiger partial charge in [0.05, 0.1) is 21.2 Å². The van der Waals surface area contributed by atoms with E-state index in [1.54, 1.807) is 0 Å². The zero-order chi connectivity index (χ0) is 16.7. The smallest absolute Gasteiger partial charge is 0.227 e. The minimum Gasteiger partial charge on any atom is -0.368 e. The number of nitrogens with zero attached hydrogens (tertiary/aromatic N) is 2. The highest BCUT2D eigenvalue weighted by atomic mass is 79.9. The lowest BCUT2D eigenvalue weighted by atomic mass is 10.0. The molecule has 1 unspecified atom stereocenters. The largest absolute Gasteiger partial charge is 0.368 e. The van der Waals surface area contributed by atoms with Gasteiger partial charge < -0.3 is 20.5 Å². The topological polar surface area (TPSA) is 73.1 Å². The van der Waals surface area contributed by atoms with E-state index < -0.39 is 0 Å². The number of carbonyl (C=O) groups is 1. The van der Waals surface area contributed by atoms with Crippen LogP contribution in [0.25, 0.3) is 11.0 Å². The first-order valence-corrected chi connectivity index (χ1v) is 9.35. The van der Waals surface area contributed by atoms with Crippen molar-refractivity contribution >= 4 is 44.2 Å². The minimum absolute atomic E-state index is 0.119. The molecule has 1 amide bonds. The van der Waals surface area contributed by atoms with Gasteiger partial charge in [-0.15, -0.1) is 0 Å². The van der Waals surface area contributed by atoms with Crippen molar-refractivity contribution in [3.63, 3.8) is 0 Å². The first-order valence-electron chi connectivity index (χ1n) is 8.56. The third-order valence-electron chi connectivity index (χ3n) is 4.98. The summed E-state index contributed by atoms with van der Waals surface area (Å²) in [5.41, 5.74) is 2.76. The van der Waals surface area contributed by atoms with E-state index in [9.17, 15) is 4.79 Å². The fourth-order valence-electron chi connectivity index (χ4n) is 3.46. The van der Waals surface area contributed by atoms with Gasteiger partial charge in [0.15, 0.2) is 0 Å². The van der Waals surface area contributed by atoms with Crippen molar-refractivity contribution < 1.29 is 4.79 Å². The summed E-state index contributed by atoms with van der Waals surface area (Å²) < 4.78 is 0.966. The number of hydrogen-bond donors (Lipinski definition) is 3. The van der Waals surface area contributed by atoms with Crippen molar-refractivity contribution in [2.75, 3.05) is 30.4 Å². The van der Waals surface area contributed by atoms with Crippen molar-refractivity contribution in [1.82, 2.24) is 15.3 Å². The van der Waals surface area contributed by atoms with E-state index in [1.165, 1.54) is 6.42 Å². The van der Waals surface area contributed by atoms with Crippen molar-refractivity contribution in [1.29, 1.82) is 0 Å². The van der Waals surface area contributed by atoms with E-state index in [2.05, 4.69) is 41.4 Å². The second-order valence-electron chi connectivity index (χ2n) is 6.72. The number of aromatic amines is 1. The Kier molecular flexibility index (Phi) is 4.22. The highest BCUT2D eigenvalue weighted by Crippen LogP contribution is 2.39. The highest BCUT2D eigenvalue weighted by Gasteiger charge is 2.31. The third kappa shape index (κ3) is 2.91. The molecule has 1 aliphatic carbocycles. The van der Waals surface area contributed by atoms with Crippen LogP contribution in [-0.2, 0) is 4.79 Å². The van der Waals surface area contributed by atoms with Crippen LogP contribution in [0, 0.1) is 5.92 Å². The summed E-state index contributed by atoms with van der Waals surface area (Å²) in [6.07, 6.45) is 8.03. The molecule has 1 atom stereocenters. The summed E-state index contributed by atoms with van der Waals surface area (Å²) in [7, 11) is 2.02. The number of piperidine rings is 1. The Balaban J connectivity index is 1.73. The van der Waals surface area contributed by atoms with Crippen LogP contribution in [0.3, 0.4) is 0 Å². The van der Waals surface area contributed by atoms with Gasteiger partial charge in [0, 0.05) is 37.4 Å². The number of anilines is 2. The minimum atomic E-state index is 0.119. The fraction of sp³-hybridized carbons (Fsp3) is 0.529. The number of fused-ring (bicyclic) bond motifs is 1. The molecule has 6 nitrogen and oxygen atoms in total. The van der Waals surface area contributed by atoms with Gasteiger partial charge in [-0.3, -0.25) is 4.79 Å². The van der Waals surface area contributed by atoms with Gasteiger partial charge in [0.1, 0.15) is 5.65 Å². The second kappa shape index (κ2) is 6.37. The number of aromatic nitrogens is 2. The second-order valence-corrected chi connectivity index (χ2v) is 7.57. The van der Waals surface area contributed by atoms with Gasteiger partial charge >= 0.3 is 0 Å². The summed E-state index contributed by atoms with van der Waals surface area (Å²) in [5, 5.41) is 7.47. The van der Waals surface area contributed by atoms with E-state index in [0.717, 1.165) is 59.2 Å². The van der Waals surface area contributed by atoms with Crippen LogP contribution in [-0.4, -0.2) is 42.1 Å². The van der Waals surface area contributed by atoms with Crippen LogP contribution >= 0.6 is 15.9 Å². The zero-order valence-electron chi connectivity index (χ0n) is 13.7. The molecule has 7 heteroatoms. The molecule has 1 saturated carbocycles. The predicted molar refractivity (Wildman–Crippen MR) is 99.4 cm³/mol. The molecule has 3 N–H and O–H groups in total. The SMILES string of the molecule is CNC1CCCN(c2c(Br)cnc3[nH]cc(NC(=O)C4CC4)c23)C1. The Morgan fingerprint density at radius 1 is 1.42 bits per heavy atom. The molecule has 4 rings (SSSR count). The molecule has 2 aliphatic rings. The summed E-state index contributed by atoms with van der Waals surface area (Å²) in [6.45, 7) is 1.96. The first kappa shape index (κ1) is 15.9. The summed E-state index contributed by atoms with van der Waals surface area (Å²) in [4.78, 5) is 22.3. The average Bonchev–Trinajstić information content (AvgIpc) is 3.38. The van der Waals surface area contributed by atoms with E-state index in [0.29, 0.717) is 6.04 Å². The predicted octanol–water partition coefficient (Wildman–Crippen LogP) is 2.86. The quantitative estimate of drug-likeness (QED) is 0.748. The molecule has 24 heavy (non-hydrogen) atoms. The highest BCUT2D eigenvalue weighted by molar-refractivity contribution is 9.10. The molecular weight excluding hydrogens is 370 g/mol. The van der Waals surface area contributed by atoms with Gasteiger partial charge in [0.2, 0.25) is 5.91 Å². The van der Waals surface area contributed by atoms with Crippen LogP contribution in [0.5, 0.6) is 0 Å². The molecular formula is C17H22BrN5O. The normalized spacial score (nSPS) is 21.2. The number of amides is 1. The molecule has 0 radical (unpaired) electrons. The Hall–Kier alpha value is -1.60. The van der Waals surface area contributed by atoms with Gasteiger partial charge in [-0.05, 0) is 48.7 Å². The molecule has 1 saturated heterocycles. The Morgan fingerprint density at radius 3 is 3.00 bits per heavy atom. The third-order valence-corrected chi connectivity index (χ3v) is 5.56. The number of halogens is 1. The molecule has 1 aliphatic heterocycles. The standard InChI is InChI=1S/C17H22BrN5O/c1-19-11-3-2-6-23(9-11)15-12(18)7-20-16-14(15)13(8-21-16)22-17(24)10-4-5-10/h7-8,10-11,19H,2-6,9H2,1H3,(H,20,21)(H,22,24). The van der Waals surface area contributed by atoms with Crippen LogP contribution in [0.1, 0.15) is 25.7 Å². The molecule has 2 aromatic rings. The molecule has 0 bridgehead atoms. The number of hydrogen-bond acceptors (Lipinski definition) is 4. The fourth-order valence-corrected chi connectivity index (χ4v) is 4.01. The summed E-state index contributed by atoms with van der Waals surface area (Å²) in [5.74, 6) is 0.302. The van der Waals surface area contributed by atoms with E-state index in [1.807, 2.05) is 19.4 Å². The van der Waals surface area contributed by atoms with Crippen molar-refractivity contribution in [3.8, 4) is 0 Å². The van der Waals surface area contributed by atoms with E-state index >= 15 is 0 Å². The Morgan fingerprint density at radius 2 is 2.25 bits per heavy atom. The number of likely N-dealkylation sites (N-methyl/N-ethyl adjacent to an activating group) is 1. The number of H-pyrrole nitrogens is 1. The van der Waals surface area contributed by atoms with Gasteiger partial charge in [-0.2, -0.15) is 0 Å². The molecule has 128 valence electrons. The maximum absolute atomic E-state index is 12.2. The van der Waals surface area contributed by atoms with E-state index in [4.69, 9.17) is 0 Å². The van der Waals surface area contributed by atoms with Crippen molar-refractivity contribution in [3.05, 3.63) is 16.9 Å².